The zero-order chi connectivity index (χ0) is 15.6. The van der Waals surface area contributed by atoms with Crippen LogP contribution in [-0.4, -0.2) is 19.2 Å². The molecular weight excluding hydrogens is 334 g/mol. The fourth-order valence-corrected chi connectivity index (χ4v) is 3.73. The van der Waals surface area contributed by atoms with E-state index in [2.05, 4.69) is 9.71 Å². The van der Waals surface area contributed by atoms with E-state index in [1.54, 1.807) is 0 Å². The van der Waals surface area contributed by atoms with Gasteiger partial charge in [-0.2, -0.15) is 5.26 Å². The molecule has 0 aliphatic rings. The largest absolute Gasteiger partial charge is 0.293 e. The molecule has 0 aliphatic heterocycles. The van der Waals surface area contributed by atoms with Gasteiger partial charge in [-0.15, -0.1) is 11.3 Å². The van der Waals surface area contributed by atoms with Crippen molar-refractivity contribution in [2.45, 2.75) is 11.8 Å². The lowest BCUT2D eigenvalue weighted by atomic mass is 10.2. The van der Waals surface area contributed by atoms with Crippen LogP contribution in [0.15, 0.2) is 28.5 Å². The summed E-state index contributed by atoms with van der Waals surface area (Å²) in [6.45, 7) is 1.34. The highest BCUT2D eigenvalue weighted by Gasteiger charge is 2.18. The molecular formula is C12H8ClN3O3S2. The van der Waals surface area contributed by atoms with Gasteiger partial charge in [-0.3, -0.25) is 9.52 Å². The number of thiazole rings is 1. The number of carbonyl (C=O) groups excluding carboxylic acids is 1. The maximum atomic E-state index is 12.2. The van der Waals surface area contributed by atoms with Gasteiger partial charge in [0.15, 0.2) is 10.9 Å². The van der Waals surface area contributed by atoms with E-state index >= 15 is 0 Å². The number of benzene rings is 1. The first kappa shape index (κ1) is 15.4. The van der Waals surface area contributed by atoms with Crippen LogP contribution in [-0.2, 0) is 10.0 Å². The van der Waals surface area contributed by atoms with Crippen molar-refractivity contribution in [3.05, 3.63) is 39.9 Å². The van der Waals surface area contributed by atoms with Crippen LogP contribution in [0.5, 0.6) is 0 Å². The maximum absolute atomic E-state index is 12.2. The van der Waals surface area contributed by atoms with E-state index in [1.807, 2.05) is 6.07 Å². The second kappa shape index (κ2) is 5.81. The lowest BCUT2D eigenvalue weighted by Crippen LogP contribution is -2.13. The Morgan fingerprint density at radius 1 is 1.48 bits per heavy atom. The average Bonchev–Trinajstić information content (AvgIpc) is 2.86. The second-order valence-electron chi connectivity index (χ2n) is 3.95. The maximum Gasteiger partial charge on any atom is 0.263 e. The van der Waals surface area contributed by atoms with Crippen LogP contribution in [0.4, 0.5) is 5.13 Å². The van der Waals surface area contributed by atoms with Gasteiger partial charge >= 0.3 is 0 Å². The van der Waals surface area contributed by atoms with E-state index in [9.17, 15) is 13.2 Å². The van der Waals surface area contributed by atoms with Gasteiger partial charge in [0.25, 0.3) is 10.0 Å². The number of hydrogen-bond acceptors (Lipinski definition) is 6. The summed E-state index contributed by atoms with van der Waals surface area (Å²) in [5, 5.41) is 10.4. The quantitative estimate of drug-likeness (QED) is 0.862. The van der Waals surface area contributed by atoms with Gasteiger partial charge in [-0.25, -0.2) is 13.4 Å². The number of carbonyl (C=O) groups is 1. The molecule has 1 heterocycles. The molecule has 1 aromatic heterocycles. The molecule has 9 heteroatoms. The molecule has 21 heavy (non-hydrogen) atoms. The van der Waals surface area contributed by atoms with Gasteiger partial charge in [0.1, 0.15) is 11.8 Å². The molecule has 0 aliphatic carbocycles. The van der Waals surface area contributed by atoms with Crippen LogP contribution >= 0.6 is 22.9 Å². The Hall–Kier alpha value is -1.95. The average molecular weight is 342 g/mol. The van der Waals surface area contributed by atoms with Crippen LogP contribution in [0.3, 0.4) is 0 Å². The van der Waals surface area contributed by atoms with E-state index in [4.69, 9.17) is 16.9 Å². The number of nitrogens with zero attached hydrogens (tertiary/aromatic N) is 2. The van der Waals surface area contributed by atoms with E-state index in [-0.39, 0.29) is 32.1 Å². The zero-order valence-electron chi connectivity index (χ0n) is 10.6. The molecule has 108 valence electrons. The predicted molar refractivity (Wildman–Crippen MR) is 79.1 cm³/mol. The van der Waals surface area contributed by atoms with Gasteiger partial charge in [0, 0.05) is 12.3 Å². The number of halogens is 1. The molecule has 1 aromatic carbocycles. The lowest BCUT2D eigenvalue weighted by Gasteiger charge is -2.06. The normalized spacial score (nSPS) is 10.9. The molecule has 0 fully saturated rings. The molecule has 0 spiro atoms. The number of aromatic nitrogens is 1. The monoisotopic (exact) mass is 341 g/mol. The Morgan fingerprint density at radius 2 is 2.19 bits per heavy atom. The summed E-state index contributed by atoms with van der Waals surface area (Å²) in [5.41, 5.74) is 0.374. The fraction of sp³-hybridized carbons (Fsp3) is 0.0833. The van der Waals surface area contributed by atoms with Crippen LogP contribution in [0.2, 0.25) is 5.02 Å². The standard InChI is InChI=1S/C12H8ClN3O3S2/c1-7(17)11-6-20-12(15-11)16-21(18,19)9-3-2-8(5-14)10(13)4-9/h2-4,6H,1H3,(H,15,16). The number of anilines is 1. The number of nitriles is 1. The summed E-state index contributed by atoms with van der Waals surface area (Å²) >= 11 is 6.82. The SMILES string of the molecule is CC(=O)c1csc(NS(=O)(=O)c2ccc(C#N)c(Cl)c2)n1. The minimum absolute atomic E-state index is 0.0453. The molecule has 0 radical (unpaired) electrons. The first-order valence-corrected chi connectivity index (χ1v) is 8.26. The van der Waals surface area contributed by atoms with Crippen LogP contribution in [0.25, 0.3) is 0 Å². The number of nitrogens with one attached hydrogen (secondary N) is 1. The number of Topliss-reactive ketones (excluding diaryl/α,β-unsaturated/α-hetero) is 1. The molecule has 1 N–H and O–H groups in total. The van der Waals surface area contributed by atoms with Gasteiger partial charge < -0.3 is 0 Å². The highest BCUT2D eigenvalue weighted by atomic mass is 35.5. The molecule has 2 rings (SSSR count). The topological polar surface area (TPSA) is 99.9 Å². The van der Waals surface area contributed by atoms with Crippen LogP contribution in [0, 0.1) is 11.3 Å². The third kappa shape index (κ3) is 3.39. The van der Waals surface area contributed by atoms with Crippen molar-refractivity contribution < 1.29 is 13.2 Å². The van der Waals surface area contributed by atoms with Crippen molar-refractivity contribution in [2.24, 2.45) is 0 Å². The van der Waals surface area contributed by atoms with Crippen molar-refractivity contribution in [3.63, 3.8) is 0 Å². The van der Waals surface area contributed by atoms with Gasteiger partial charge in [0.2, 0.25) is 0 Å². The van der Waals surface area contributed by atoms with Gasteiger partial charge in [0.05, 0.1) is 15.5 Å². The van der Waals surface area contributed by atoms with Crippen LogP contribution < -0.4 is 4.72 Å². The summed E-state index contributed by atoms with van der Waals surface area (Å²) in [6.07, 6.45) is 0. The Kier molecular flexibility index (Phi) is 4.27. The minimum atomic E-state index is -3.88. The number of rotatable bonds is 4. The Labute approximate surface area is 130 Å². The molecule has 2 aromatic rings. The fourth-order valence-electron chi connectivity index (χ4n) is 1.41. The summed E-state index contributed by atoms with van der Waals surface area (Å²) in [4.78, 5) is 14.9. The van der Waals surface area contributed by atoms with E-state index in [0.717, 1.165) is 11.3 Å². The summed E-state index contributed by atoms with van der Waals surface area (Å²) in [6, 6.07) is 5.62. The third-order valence-corrected chi connectivity index (χ3v) is 4.99. The van der Waals surface area contributed by atoms with Crippen molar-refractivity contribution in [2.75, 3.05) is 4.72 Å². The van der Waals surface area contributed by atoms with Crippen molar-refractivity contribution in [3.8, 4) is 6.07 Å². The highest BCUT2D eigenvalue weighted by Crippen LogP contribution is 2.24. The highest BCUT2D eigenvalue weighted by molar-refractivity contribution is 7.93. The summed E-state index contributed by atoms with van der Waals surface area (Å²) in [7, 11) is -3.88. The molecule has 6 nitrogen and oxygen atoms in total. The minimum Gasteiger partial charge on any atom is -0.293 e. The third-order valence-electron chi connectivity index (χ3n) is 2.46. The van der Waals surface area contributed by atoms with E-state index < -0.39 is 10.0 Å². The lowest BCUT2D eigenvalue weighted by molar-refractivity contribution is 0.101. The van der Waals surface area contributed by atoms with Crippen LogP contribution in [0.1, 0.15) is 23.0 Å². The second-order valence-corrected chi connectivity index (χ2v) is 6.90. The van der Waals surface area contributed by atoms with E-state index in [1.165, 1.54) is 30.5 Å². The number of sulfonamides is 1. The van der Waals surface area contributed by atoms with E-state index in [0.29, 0.717) is 0 Å². The number of ketones is 1. The summed E-state index contributed by atoms with van der Waals surface area (Å²) < 4.78 is 26.6. The molecule has 0 atom stereocenters. The van der Waals surface area contributed by atoms with Gasteiger partial charge in [-0.05, 0) is 18.2 Å². The zero-order valence-corrected chi connectivity index (χ0v) is 13.0. The first-order valence-electron chi connectivity index (χ1n) is 5.52. The predicted octanol–water partition coefficient (Wildman–Crippen LogP) is 2.67. The number of hydrogen-bond donors (Lipinski definition) is 1. The Morgan fingerprint density at radius 3 is 2.71 bits per heavy atom. The van der Waals surface area contributed by atoms with Gasteiger partial charge in [-0.1, -0.05) is 11.6 Å². The van der Waals surface area contributed by atoms with Crippen molar-refractivity contribution >= 4 is 43.9 Å². The Bertz CT molecular complexity index is 853. The summed E-state index contributed by atoms with van der Waals surface area (Å²) in [5.74, 6) is -0.252. The molecule has 0 saturated carbocycles. The van der Waals surface area contributed by atoms with Crippen molar-refractivity contribution in [1.29, 1.82) is 5.26 Å². The molecule has 0 bridgehead atoms. The molecule has 0 amide bonds. The van der Waals surface area contributed by atoms with Crippen molar-refractivity contribution in [1.82, 2.24) is 4.98 Å². The molecule has 0 unspecified atom stereocenters. The molecule has 0 saturated heterocycles. The first-order chi connectivity index (χ1) is 9.83. The smallest absolute Gasteiger partial charge is 0.263 e. The Balaban J connectivity index is 2.31.